The van der Waals surface area contributed by atoms with E-state index < -0.39 is 11.8 Å². The van der Waals surface area contributed by atoms with E-state index in [1.54, 1.807) is 12.1 Å². The molecule has 1 aromatic rings. The average molecular weight is 194 g/mol. The summed E-state index contributed by atoms with van der Waals surface area (Å²) in [6.45, 7) is 0. The van der Waals surface area contributed by atoms with Gasteiger partial charge in [0.2, 0.25) is 0 Å². The number of carbonyl (C=O) groups excluding carboxylic acids is 1. The SMILES string of the molecule is COC(=O)c1c(F)cccc1C1CC1. The van der Waals surface area contributed by atoms with E-state index in [2.05, 4.69) is 4.74 Å². The number of ether oxygens (including phenoxy) is 1. The van der Waals surface area contributed by atoms with Crippen LogP contribution in [0.1, 0.15) is 34.7 Å². The lowest BCUT2D eigenvalue weighted by Crippen LogP contribution is -2.08. The van der Waals surface area contributed by atoms with Crippen LogP contribution in [0.25, 0.3) is 0 Å². The number of methoxy groups -OCH3 is 1. The molecule has 2 rings (SSSR count). The summed E-state index contributed by atoms with van der Waals surface area (Å²) in [6.07, 6.45) is 2.07. The van der Waals surface area contributed by atoms with E-state index in [0.29, 0.717) is 5.92 Å². The van der Waals surface area contributed by atoms with Crippen LogP contribution in [0.15, 0.2) is 18.2 Å². The van der Waals surface area contributed by atoms with Crippen molar-refractivity contribution in [3.63, 3.8) is 0 Å². The maximum absolute atomic E-state index is 13.4. The van der Waals surface area contributed by atoms with Crippen molar-refractivity contribution in [1.82, 2.24) is 0 Å². The summed E-state index contributed by atoms with van der Waals surface area (Å²) in [6, 6.07) is 4.72. The molecule has 74 valence electrons. The van der Waals surface area contributed by atoms with Crippen LogP contribution < -0.4 is 0 Å². The monoisotopic (exact) mass is 194 g/mol. The third-order valence-corrected chi connectivity index (χ3v) is 2.45. The molecule has 1 aliphatic rings. The molecule has 3 heteroatoms. The van der Waals surface area contributed by atoms with Gasteiger partial charge < -0.3 is 4.74 Å². The highest BCUT2D eigenvalue weighted by molar-refractivity contribution is 5.91. The summed E-state index contributed by atoms with van der Waals surface area (Å²) in [5.74, 6) is -0.717. The van der Waals surface area contributed by atoms with Crippen molar-refractivity contribution in [1.29, 1.82) is 0 Å². The molecule has 0 spiro atoms. The number of esters is 1. The lowest BCUT2D eigenvalue weighted by atomic mass is 10.0. The van der Waals surface area contributed by atoms with Gasteiger partial charge >= 0.3 is 5.97 Å². The molecule has 0 aliphatic heterocycles. The normalized spacial score (nSPS) is 15.3. The average Bonchev–Trinajstić information content (AvgIpc) is 2.99. The van der Waals surface area contributed by atoms with Gasteiger partial charge in [0.1, 0.15) is 5.82 Å². The molecule has 1 aromatic carbocycles. The summed E-state index contributed by atoms with van der Waals surface area (Å²) >= 11 is 0. The van der Waals surface area contributed by atoms with Crippen LogP contribution in [-0.2, 0) is 4.74 Å². The maximum Gasteiger partial charge on any atom is 0.341 e. The lowest BCUT2D eigenvalue weighted by Gasteiger charge is -2.07. The van der Waals surface area contributed by atoms with E-state index in [-0.39, 0.29) is 5.56 Å². The molecule has 0 amide bonds. The van der Waals surface area contributed by atoms with E-state index in [1.807, 2.05) is 0 Å². The molecule has 1 fully saturated rings. The van der Waals surface area contributed by atoms with Crippen LogP contribution in [0, 0.1) is 5.82 Å². The van der Waals surface area contributed by atoms with E-state index >= 15 is 0 Å². The van der Waals surface area contributed by atoms with Gasteiger partial charge in [-0.15, -0.1) is 0 Å². The summed E-state index contributed by atoms with van der Waals surface area (Å²) in [5.41, 5.74) is 0.898. The molecule has 0 aromatic heterocycles. The molecule has 14 heavy (non-hydrogen) atoms. The van der Waals surface area contributed by atoms with E-state index in [1.165, 1.54) is 13.2 Å². The van der Waals surface area contributed by atoms with Gasteiger partial charge in [0, 0.05) is 0 Å². The molecular weight excluding hydrogens is 183 g/mol. The molecule has 0 unspecified atom stereocenters. The second-order valence-electron chi connectivity index (χ2n) is 3.47. The molecular formula is C11H11FO2. The van der Waals surface area contributed by atoms with Crippen LogP contribution in [-0.4, -0.2) is 13.1 Å². The zero-order chi connectivity index (χ0) is 10.1. The number of halogens is 1. The molecule has 0 radical (unpaired) electrons. The van der Waals surface area contributed by atoms with Gasteiger partial charge in [-0.25, -0.2) is 9.18 Å². The van der Waals surface area contributed by atoms with Crippen molar-refractivity contribution < 1.29 is 13.9 Å². The Balaban J connectivity index is 2.47. The number of hydrogen-bond acceptors (Lipinski definition) is 2. The van der Waals surface area contributed by atoms with Crippen molar-refractivity contribution in [2.24, 2.45) is 0 Å². The number of benzene rings is 1. The topological polar surface area (TPSA) is 26.3 Å². The Hall–Kier alpha value is -1.38. The van der Waals surface area contributed by atoms with Crippen LogP contribution in [0.2, 0.25) is 0 Å². The Morgan fingerprint density at radius 3 is 2.79 bits per heavy atom. The Morgan fingerprint density at radius 1 is 1.50 bits per heavy atom. The summed E-state index contributed by atoms with van der Waals surface area (Å²) < 4.78 is 17.9. The van der Waals surface area contributed by atoms with E-state index in [0.717, 1.165) is 18.4 Å². The van der Waals surface area contributed by atoms with Gasteiger partial charge in [-0.05, 0) is 30.4 Å². The molecule has 0 saturated heterocycles. The van der Waals surface area contributed by atoms with Crippen molar-refractivity contribution in [2.75, 3.05) is 7.11 Å². The first kappa shape index (κ1) is 9.19. The zero-order valence-corrected chi connectivity index (χ0v) is 7.92. The highest BCUT2D eigenvalue weighted by Crippen LogP contribution is 2.42. The minimum atomic E-state index is -0.579. The van der Waals surface area contributed by atoms with Gasteiger partial charge in [0.15, 0.2) is 0 Å². The van der Waals surface area contributed by atoms with Gasteiger partial charge in [0.25, 0.3) is 0 Å². The van der Waals surface area contributed by atoms with Crippen LogP contribution in [0.3, 0.4) is 0 Å². The summed E-state index contributed by atoms with van der Waals surface area (Å²) in [5, 5.41) is 0. The first-order valence-corrected chi connectivity index (χ1v) is 4.60. The molecule has 0 atom stereocenters. The summed E-state index contributed by atoms with van der Waals surface area (Å²) in [7, 11) is 1.27. The van der Waals surface area contributed by atoms with Gasteiger partial charge in [-0.1, -0.05) is 12.1 Å². The van der Waals surface area contributed by atoms with Gasteiger partial charge in [0.05, 0.1) is 12.7 Å². The Bertz CT molecular complexity index is 370. The van der Waals surface area contributed by atoms with Crippen LogP contribution in [0.4, 0.5) is 4.39 Å². The first-order chi connectivity index (χ1) is 6.74. The standard InChI is InChI=1S/C11H11FO2/c1-14-11(13)10-8(7-5-6-7)3-2-4-9(10)12/h2-4,7H,5-6H2,1H3. The van der Waals surface area contributed by atoms with Crippen molar-refractivity contribution in [3.05, 3.63) is 35.1 Å². The molecule has 0 heterocycles. The van der Waals surface area contributed by atoms with Crippen molar-refractivity contribution in [2.45, 2.75) is 18.8 Å². The Morgan fingerprint density at radius 2 is 2.21 bits per heavy atom. The van der Waals surface area contributed by atoms with Crippen LogP contribution >= 0.6 is 0 Å². The van der Waals surface area contributed by atoms with E-state index in [9.17, 15) is 9.18 Å². The predicted octanol–water partition coefficient (Wildman–Crippen LogP) is 2.49. The number of rotatable bonds is 2. The molecule has 1 saturated carbocycles. The highest BCUT2D eigenvalue weighted by atomic mass is 19.1. The van der Waals surface area contributed by atoms with Gasteiger partial charge in [-0.2, -0.15) is 0 Å². The predicted molar refractivity (Wildman–Crippen MR) is 49.7 cm³/mol. The minimum Gasteiger partial charge on any atom is -0.465 e. The quantitative estimate of drug-likeness (QED) is 0.676. The zero-order valence-electron chi connectivity index (χ0n) is 7.92. The Labute approximate surface area is 81.7 Å². The fraction of sp³-hybridized carbons (Fsp3) is 0.364. The summed E-state index contributed by atoms with van der Waals surface area (Å²) in [4.78, 5) is 11.3. The molecule has 2 nitrogen and oxygen atoms in total. The maximum atomic E-state index is 13.4. The highest BCUT2D eigenvalue weighted by Gasteiger charge is 2.30. The number of carbonyl (C=O) groups is 1. The lowest BCUT2D eigenvalue weighted by molar-refractivity contribution is 0.0594. The van der Waals surface area contributed by atoms with Crippen molar-refractivity contribution in [3.8, 4) is 0 Å². The van der Waals surface area contributed by atoms with Crippen molar-refractivity contribution >= 4 is 5.97 Å². The molecule has 0 N–H and O–H groups in total. The smallest absolute Gasteiger partial charge is 0.341 e. The minimum absolute atomic E-state index is 0.109. The largest absolute Gasteiger partial charge is 0.465 e. The third kappa shape index (κ3) is 1.50. The molecule has 0 bridgehead atoms. The second-order valence-corrected chi connectivity index (χ2v) is 3.47. The first-order valence-electron chi connectivity index (χ1n) is 4.60. The van der Waals surface area contributed by atoms with Gasteiger partial charge in [-0.3, -0.25) is 0 Å². The van der Waals surface area contributed by atoms with Crippen LogP contribution in [0.5, 0.6) is 0 Å². The third-order valence-electron chi connectivity index (χ3n) is 2.45. The Kier molecular flexibility index (Phi) is 2.23. The number of hydrogen-bond donors (Lipinski definition) is 0. The molecule has 1 aliphatic carbocycles. The van der Waals surface area contributed by atoms with E-state index in [4.69, 9.17) is 0 Å². The fourth-order valence-electron chi connectivity index (χ4n) is 1.59. The second kappa shape index (κ2) is 3.40. The fourth-order valence-corrected chi connectivity index (χ4v) is 1.59.